The van der Waals surface area contributed by atoms with Crippen molar-refractivity contribution in [2.24, 2.45) is 0 Å². The third-order valence-electron chi connectivity index (χ3n) is 3.04. The van der Waals surface area contributed by atoms with E-state index in [2.05, 4.69) is 19.1 Å². The molecule has 0 spiro atoms. The zero-order valence-electron chi connectivity index (χ0n) is 10.8. The van der Waals surface area contributed by atoms with E-state index in [-0.39, 0.29) is 5.78 Å². The van der Waals surface area contributed by atoms with E-state index in [9.17, 15) is 4.79 Å². The molecule has 19 heavy (non-hydrogen) atoms. The minimum absolute atomic E-state index is 0.0263. The number of Topliss-reactive ketones (excluding diaryl/α,β-unsaturated/α-hetero) is 1. The number of carbonyl (C=O) groups is 1. The summed E-state index contributed by atoms with van der Waals surface area (Å²) in [7, 11) is 0. The SMILES string of the molecule is CCc1ccc(CC(=O)c2cc(N)cc(Cl)c2)cc1. The highest BCUT2D eigenvalue weighted by Crippen LogP contribution is 2.18. The summed E-state index contributed by atoms with van der Waals surface area (Å²) in [5, 5.41) is 0.490. The number of aryl methyl sites for hydroxylation is 1. The van der Waals surface area contributed by atoms with Gasteiger partial charge in [-0.05, 0) is 35.7 Å². The summed E-state index contributed by atoms with van der Waals surface area (Å²) in [5.74, 6) is 0.0263. The second kappa shape index (κ2) is 5.89. The van der Waals surface area contributed by atoms with Crippen molar-refractivity contribution < 1.29 is 4.79 Å². The Hall–Kier alpha value is -1.80. The molecule has 0 saturated heterocycles. The van der Waals surface area contributed by atoms with Gasteiger partial charge in [0.2, 0.25) is 0 Å². The van der Waals surface area contributed by atoms with Crippen molar-refractivity contribution in [3.8, 4) is 0 Å². The molecule has 0 amide bonds. The number of hydrogen-bond acceptors (Lipinski definition) is 2. The van der Waals surface area contributed by atoms with Crippen LogP contribution in [0.15, 0.2) is 42.5 Å². The molecule has 0 aliphatic rings. The van der Waals surface area contributed by atoms with Gasteiger partial charge in [-0.25, -0.2) is 0 Å². The standard InChI is InChI=1S/C16H16ClNO/c1-2-11-3-5-12(6-4-11)7-16(19)13-8-14(17)10-15(18)9-13/h3-6,8-10H,2,7,18H2,1H3. The molecule has 2 aromatic rings. The highest BCUT2D eigenvalue weighted by atomic mass is 35.5. The molecule has 2 aromatic carbocycles. The van der Waals surface area contributed by atoms with Crippen molar-refractivity contribution in [2.45, 2.75) is 19.8 Å². The van der Waals surface area contributed by atoms with Crippen LogP contribution in [0.5, 0.6) is 0 Å². The number of benzene rings is 2. The molecule has 0 saturated carbocycles. The fourth-order valence-electron chi connectivity index (χ4n) is 1.95. The molecule has 0 atom stereocenters. The van der Waals surface area contributed by atoms with Gasteiger partial charge in [-0.1, -0.05) is 42.8 Å². The minimum Gasteiger partial charge on any atom is -0.399 e. The third kappa shape index (κ3) is 3.58. The maximum absolute atomic E-state index is 12.2. The average molecular weight is 274 g/mol. The van der Waals surface area contributed by atoms with E-state index in [0.717, 1.165) is 12.0 Å². The molecule has 2 N–H and O–H groups in total. The second-order valence-corrected chi connectivity index (χ2v) is 4.98. The Morgan fingerprint density at radius 1 is 1.11 bits per heavy atom. The smallest absolute Gasteiger partial charge is 0.167 e. The first kappa shape index (κ1) is 13.6. The first-order valence-corrected chi connectivity index (χ1v) is 6.63. The van der Waals surface area contributed by atoms with Gasteiger partial charge in [0.1, 0.15) is 0 Å². The maximum Gasteiger partial charge on any atom is 0.167 e. The molecular formula is C16H16ClNO. The van der Waals surface area contributed by atoms with Crippen LogP contribution in [0, 0.1) is 0 Å². The van der Waals surface area contributed by atoms with E-state index in [1.807, 2.05) is 12.1 Å². The van der Waals surface area contributed by atoms with Crippen LogP contribution < -0.4 is 5.73 Å². The largest absolute Gasteiger partial charge is 0.399 e. The molecule has 0 aliphatic carbocycles. The number of hydrogen-bond donors (Lipinski definition) is 1. The fourth-order valence-corrected chi connectivity index (χ4v) is 2.20. The Balaban J connectivity index is 2.15. The summed E-state index contributed by atoms with van der Waals surface area (Å²) in [5.41, 5.74) is 9.03. The molecular weight excluding hydrogens is 258 g/mol. The lowest BCUT2D eigenvalue weighted by molar-refractivity contribution is 0.0993. The Morgan fingerprint density at radius 2 is 1.74 bits per heavy atom. The highest BCUT2D eigenvalue weighted by molar-refractivity contribution is 6.31. The van der Waals surface area contributed by atoms with Crippen molar-refractivity contribution >= 4 is 23.1 Å². The summed E-state index contributed by atoms with van der Waals surface area (Å²) in [6.45, 7) is 2.11. The zero-order chi connectivity index (χ0) is 13.8. The first-order chi connectivity index (χ1) is 9.08. The Bertz CT molecular complexity index is 570. The van der Waals surface area contributed by atoms with Crippen LogP contribution >= 0.6 is 11.6 Å². The number of rotatable bonds is 4. The quantitative estimate of drug-likeness (QED) is 0.678. The van der Waals surface area contributed by atoms with Gasteiger partial charge in [0.25, 0.3) is 0 Å². The van der Waals surface area contributed by atoms with Crippen LogP contribution in [0.1, 0.15) is 28.4 Å². The fraction of sp³-hybridized carbons (Fsp3) is 0.188. The highest BCUT2D eigenvalue weighted by Gasteiger charge is 2.08. The Labute approximate surface area is 118 Å². The summed E-state index contributed by atoms with van der Waals surface area (Å²) in [6, 6.07) is 13.0. The van der Waals surface area contributed by atoms with Crippen molar-refractivity contribution in [2.75, 3.05) is 5.73 Å². The zero-order valence-corrected chi connectivity index (χ0v) is 11.6. The lowest BCUT2D eigenvalue weighted by Gasteiger charge is -2.05. The Kier molecular flexibility index (Phi) is 4.23. The molecule has 0 fully saturated rings. The van der Waals surface area contributed by atoms with Gasteiger partial charge in [-0.3, -0.25) is 4.79 Å². The van der Waals surface area contributed by atoms with Crippen LogP contribution in [0.4, 0.5) is 5.69 Å². The van der Waals surface area contributed by atoms with Crippen LogP contribution in [0.3, 0.4) is 0 Å². The second-order valence-electron chi connectivity index (χ2n) is 4.54. The van der Waals surface area contributed by atoms with Gasteiger partial charge in [0.15, 0.2) is 5.78 Å². The monoisotopic (exact) mass is 273 g/mol. The molecule has 0 aliphatic heterocycles. The predicted molar refractivity (Wildman–Crippen MR) is 79.7 cm³/mol. The lowest BCUT2D eigenvalue weighted by Crippen LogP contribution is -2.04. The molecule has 3 heteroatoms. The van der Waals surface area contributed by atoms with Crippen LogP contribution in [0.2, 0.25) is 5.02 Å². The topological polar surface area (TPSA) is 43.1 Å². The first-order valence-electron chi connectivity index (χ1n) is 6.25. The molecule has 2 rings (SSSR count). The summed E-state index contributed by atoms with van der Waals surface area (Å²) >= 11 is 5.90. The molecule has 0 unspecified atom stereocenters. The van der Waals surface area contributed by atoms with Crippen molar-refractivity contribution in [1.29, 1.82) is 0 Å². The van der Waals surface area contributed by atoms with E-state index in [4.69, 9.17) is 17.3 Å². The maximum atomic E-state index is 12.2. The van der Waals surface area contributed by atoms with Crippen molar-refractivity contribution in [3.05, 3.63) is 64.2 Å². The van der Waals surface area contributed by atoms with Gasteiger partial charge in [0.05, 0.1) is 0 Å². The molecule has 2 nitrogen and oxygen atoms in total. The van der Waals surface area contributed by atoms with Gasteiger partial charge in [-0.15, -0.1) is 0 Å². The van der Waals surface area contributed by atoms with E-state index in [1.165, 1.54) is 5.56 Å². The van der Waals surface area contributed by atoms with E-state index >= 15 is 0 Å². The van der Waals surface area contributed by atoms with Crippen LogP contribution in [-0.2, 0) is 12.8 Å². The van der Waals surface area contributed by atoms with E-state index in [0.29, 0.717) is 22.7 Å². The van der Waals surface area contributed by atoms with Crippen molar-refractivity contribution in [3.63, 3.8) is 0 Å². The van der Waals surface area contributed by atoms with E-state index < -0.39 is 0 Å². The van der Waals surface area contributed by atoms with Gasteiger partial charge < -0.3 is 5.73 Å². The molecule has 0 radical (unpaired) electrons. The molecule has 0 heterocycles. The summed E-state index contributed by atoms with van der Waals surface area (Å²) in [4.78, 5) is 12.2. The van der Waals surface area contributed by atoms with Gasteiger partial charge in [0, 0.05) is 22.7 Å². The number of nitrogen functional groups attached to an aromatic ring is 1. The number of anilines is 1. The molecule has 98 valence electrons. The number of ketones is 1. The van der Waals surface area contributed by atoms with Gasteiger partial charge >= 0.3 is 0 Å². The van der Waals surface area contributed by atoms with E-state index in [1.54, 1.807) is 18.2 Å². The molecule has 0 aromatic heterocycles. The number of halogens is 1. The van der Waals surface area contributed by atoms with Crippen molar-refractivity contribution in [1.82, 2.24) is 0 Å². The van der Waals surface area contributed by atoms with Crippen LogP contribution in [0.25, 0.3) is 0 Å². The average Bonchev–Trinajstić information content (AvgIpc) is 2.38. The lowest BCUT2D eigenvalue weighted by atomic mass is 10.0. The summed E-state index contributed by atoms with van der Waals surface area (Å²) in [6.07, 6.45) is 1.36. The van der Waals surface area contributed by atoms with Crippen LogP contribution in [-0.4, -0.2) is 5.78 Å². The normalized spacial score (nSPS) is 10.4. The third-order valence-corrected chi connectivity index (χ3v) is 3.26. The molecule has 0 bridgehead atoms. The predicted octanol–water partition coefficient (Wildman–Crippen LogP) is 3.91. The number of carbonyl (C=O) groups excluding carboxylic acids is 1. The summed E-state index contributed by atoms with van der Waals surface area (Å²) < 4.78 is 0. The van der Waals surface area contributed by atoms with Gasteiger partial charge in [-0.2, -0.15) is 0 Å². The Morgan fingerprint density at radius 3 is 2.32 bits per heavy atom. The number of nitrogens with two attached hydrogens (primary N) is 1. The minimum atomic E-state index is 0.0263.